The van der Waals surface area contributed by atoms with Crippen molar-refractivity contribution in [2.45, 2.75) is 19.8 Å². The van der Waals surface area contributed by atoms with E-state index in [1.807, 2.05) is 18.2 Å². The van der Waals surface area contributed by atoms with Gasteiger partial charge in [0.15, 0.2) is 5.82 Å². The molecule has 3 N–H and O–H groups in total. The van der Waals surface area contributed by atoms with E-state index in [-0.39, 0.29) is 5.82 Å². The predicted molar refractivity (Wildman–Crippen MR) is 82.4 cm³/mol. The molecule has 0 saturated carbocycles. The number of hydrogen-bond acceptors (Lipinski definition) is 3. The number of para-hydroxylation sites is 1. The number of halogens is 2. The minimum Gasteiger partial charge on any atom is -0.382 e. The summed E-state index contributed by atoms with van der Waals surface area (Å²) in [5.41, 5.74) is 7.90. The number of nitrogens with two attached hydrogens (primary N) is 1. The number of aryl methyl sites for hydroxylation is 1. The molecule has 1 heterocycles. The molecule has 0 radical (unpaired) electrons. The molecule has 2 aromatic rings. The third-order valence-corrected chi connectivity index (χ3v) is 3.34. The summed E-state index contributed by atoms with van der Waals surface area (Å²) in [4.78, 5) is 4.17. The van der Waals surface area contributed by atoms with E-state index in [2.05, 4.69) is 23.3 Å². The number of nitrogens with zero attached hydrogens (tertiary/aromatic N) is 1. The lowest BCUT2D eigenvalue weighted by Crippen LogP contribution is -2.01. The van der Waals surface area contributed by atoms with E-state index in [4.69, 9.17) is 28.9 Å². The van der Waals surface area contributed by atoms with Crippen molar-refractivity contribution in [3.05, 3.63) is 45.9 Å². The number of aromatic nitrogens is 1. The van der Waals surface area contributed by atoms with Crippen molar-refractivity contribution in [2.24, 2.45) is 0 Å². The SMILES string of the molecule is CCCc1ccccc1Nc1nc(N)c(Cl)cc1Cl. The summed E-state index contributed by atoms with van der Waals surface area (Å²) in [6.07, 6.45) is 2.06. The normalized spacial score (nSPS) is 10.5. The van der Waals surface area contributed by atoms with E-state index in [9.17, 15) is 0 Å². The maximum Gasteiger partial charge on any atom is 0.151 e. The Morgan fingerprint density at radius 1 is 1.21 bits per heavy atom. The van der Waals surface area contributed by atoms with Crippen molar-refractivity contribution in [3.63, 3.8) is 0 Å². The van der Waals surface area contributed by atoms with Gasteiger partial charge in [-0.2, -0.15) is 0 Å². The summed E-state index contributed by atoms with van der Waals surface area (Å²) >= 11 is 12.0. The lowest BCUT2D eigenvalue weighted by Gasteiger charge is -2.12. The Labute approximate surface area is 122 Å². The Balaban J connectivity index is 2.33. The van der Waals surface area contributed by atoms with Crippen LogP contribution in [0.2, 0.25) is 10.0 Å². The molecule has 0 bridgehead atoms. The molecule has 0 saturated heterocycles. The molecule has 0 spiro atoms. The first-order valence-corrected chi connectivity index (χ1v) is 6.84. The molecule has 0 aliphatic heterocycles. The quantitative estimate of drug-likeness (QED) is 0.862. The van der Waals surface area contributed by atoms with Crippen LogP contribution in [0.1, 0.15) is 18.9 Å². The van der Waals surface area contributed by atoms with Crippen molar-refractivity contribution in [1.82, 2.24) is 4.98 Å². The van der Waals surface area contributed by atoms with Gasteiger partial charge in [-0.1, -0.05) is 54.7 Å². The molecule has 0 atom stereocenters. The second kappa shape index (κ2) is 6.13. The van der Waals surface area contributed by atoms with E-state index >= 15 is 0 Å². The van der Waals surface area contributed by atoms with E-state index in [0.29, 0.717) is 15.9 Å². The fraction of sp³-hybridized carbons (Fsp3) is 0.214. The van der Waals surface area contributed by atoms with Crippen LogP contribution < -0.4 is 11.1 Å². The van der Waals surface area contributed by atoms with Gasteiger partial charge in [-0.3, -0.25) is 0 Å². The number of hydrogen-bond donors (Lipinski definition) is 2. The third kappa shape index (κ3) is 3.31. The molecule has 19 heavy (non-hydrogen) atoms. The highest BCUT2D eigenvalue weighted by atomic mass is 35.5. The summed E-state index contributed by atoms with van der Waals surface area (Å²) in [6.45, 7) is 2.14. The maximum atomic E-state index is 6.12. The Hall–Kier alpha value is -1.45. The second-order valence-electron chi connectivity index (χ2n) is 4.22. The van der Waals surface area contributed by atoms with Crippen LogP contribution in [0.5, 0.6) is 0 Å². The second-order valence-corrected chi connectivity index (χ2v) is 5.03. The minimum atomic E-state index is 0.265. The highest BCUT2D eigenvalue weighted by molar-refractivity contribution is 6.37. The zero-order valence-corrected chi connectivity index (χ0v) is 12.1. The van der Waals surface area contributed by atoms with Crippen LogP contribution in [-0.2, 0) is 6.42 Å². The van der Waals surface area contributed by atoms with Gasteiger partial charge in [0.2, 0.25) is 0 Å². The highest BCUT2D eigenvalue weighted by Crippen LogP contribution is 2.30. The molecule has 0 unspecified atom stereocenters. The fourth-order valence-electron chi connectivity index (χ4n) is 1.83. The van der Waals surface area contributed by atoms with Crippen molar-refractivity contribution < 1.29 is 0 Å². The van der Waals surface area contributed by atoms with Gasteiger partial charge in [-0.05, 0) is 24.1 Å². The van der Waals surface area contributed by atoms with Crippen molar-refractivity contribution >= 4 is 40.5 Å². The molecule has 0 aliphatic carbocycles. The zero-order valence-electron chi connectivity index (χ0n) is 10.6. The lowest BCUT2D eigenvalue weighted by atomic mass is 10.1. The minimum absolute atomic E-state index is 0.265. The molecule has 0 aliphatic rings. The summed E-state index contributed by atoms with van der Waals surface area (Å²) < 4.78 is 0. The topological polar surface area (TPSA) is 50.9 Å². The monoisotopic (exact) mass is 295 g/mol. The van der Waals surface area contributed by atoms with Crippen LogP contribution >= 0.6 is 23.2 Å². The van der Waals surface area contributed by atoms with Crippen LogP contribution in [0.25, 0.3) is 0 Å². The average molecular weight is 296 g/mol. The summed E-state index contributed by atoms with van der Waals surface area (Å²) in [5.74, 6) is 0.786. The third-order valence-electron chi connectivity index (χ3n) is 2.75. The van der Waals surface area contributed by atoms with Gasteiger partial charge in [0, 0.05) is 5.69 Å². The summed E-state index contributed by atoms with van der Waals surface area (Å²) in [7, 11) is 0. The molecule has 0 amide bonds. The van der Waals surface area contributed by atoms with Crippen LogP contribution in [0.4, 0.5) is 17.3 Å². The Bertz CT molecular complexity index is 585. The van der Waals surface area contributed by atoms with E-state index < -0.39 is 0 Å². The van der Waals surface area contributed by atoms with Crippen LogP contribution in [-0.4, -0.2) is 4.98 Å². The maximum absolute atomic E-state index is 6.12. The Morgan fingerprint density at radius 2 is 1.95 bits per heavy atom. The number of benzene rings is 1. The van der Waals surface area contributed by atoms with Gasteiger partial charge >= 0.3 is 0 Å². The van der Waals surface area contributed by atoms with Gasteiger partial charge in [0.05, 0.1) is 10.0 Å². The summed E-state index contributed by atoms with van der Waals surface area (Å²) in [5, 5.41) is 4.02. The Kier molecular flexibility index (Phi) is 4.51. The van der Waals surface area contributed by atoms with Gasteiger partial charge in [0.25, 0.3) is 0 Å². The number of nitrogens with one attached hydrogen (secondary N) is 1. The average Bonchev–Trinajstić information content (AvgIpc) is 2.38. The number of pyridine rings is 1. The molecule has 0 fully saturated rings. The number of nitrogen functional groups attached to an aromatic ring is 1. The van der Waals surface area contributed by atoms with Crippen LogP contribution in [0.3, 0.4) is 0 Å². The van der Waals surface area contributed by atoms with Crippen LogP contribution in [0, 0.1) is 0 Å². The largest absolute Gasteiger partial charge is 0.382 e. The molecule has 1 aromatic carbocycles. The Morgan fingerprint density at radius 3 is 2.68 bits per heavy atom. The standard InChI is InChI=1S/C14H15Cl2N3/c1-2-5-9-6-3-4-7-12(9)18-14-11(16)8-10(15)13(17)19-14/h3-4,6-8H,2,5H2,1H3,(H3,17,18,19). The number of anilines is 3. The zero-order chi connectivity index (χ0) is 13.8. The lowest BCUT2D eigenvalue weighted by molar-refractivity contribution is 0.923. The molecule has 5 heteroatoms. The molecular weight excluding hydrogens is 281 g/mol. The fourth-order valence-corrected chi connectivity index (χ4v) is 2.23. The van der Waals surface area contributed by atoms with Gasteiger partial charge in [0.1, 0.15) is 5.82 Å². The van der Waals surface area contributed by atoms with E-state index in [1.54, 1.807) is 6.07 Å². The van der Waals surface area contributed by atoms with Gasteiger partial charge in [-0.25, -0.2) is 4.98 Å². The molecule has 3 nitrogen and oxygen atoms in total. The van der Waals surface area contributed by atoms with Crippen molar-refractivity contribution in [3.8, 4) is 0 Å². The smallest absolute Gasteiger partial charge is 0.151 e. The molecule has 2 rings (SSSR count). The first kappa shape index (κ1) is 14.0. The van der Waals surface area contributed by atoms with Gasteiger partial charge < -0.3 is 11.1 Å². The van der Waals surface area contributed by atoms with Crippen molar-refractivity contribution in [1.29, 1.82) is 0 Å². The predicted octanol–water partition coefficient (Wildman–Crippen LogP) is 4.67. The van der Waals surface area contributed by atoms with Crippen molar-refractivity contribution in [2.75, 3.05) is 11.1 Å². The molecule has 1 aromatic heterocycles. The molecule has 100 valence electrons. The summed E-state index contributed by atoms with van der Waals surface area (Å²) in [6, 6.07) is 9.65. The highest BCUT2D eigenvalue weighted by Gasteiger charge is 2.09. The van der Waals surface area contributed by atoms with E-state index in [0.717, 1.165) is 18.5 Å². The van der Waals surface area contributed by atoms with Gasteiger partial charge in [-0.15, -0.1) is 0 Å². The van der Waals surface area contributed by atoms with Crippen LogP contribution in [0.15, 0.2) is 30.3 Å². The first-order chi connectivity index (χ1) is 9.11. The van der Waals surface area contributed by atoms with E-state index in [1.165, 1.54) is 5.56 Å². The first-order valence-electron chi connectivity index (χ1n) is 6.08. The molecular formula is C14H15Cl2N3. The number of rotatable bonds is 4.